The van der Waals surface area contributed by atoms with Gasteiger partial charge in [-0.25, -0.2) is 0 Å². The Morgan fingerprint density at radius 1 is 0.211 bits per heavy atom. The maximum absolute atomic E-state index is 5.61. The Kier molecular flexibility index (Phi) is 9.48. The molecule has 0 radical (unpaired) electrons. The lowest BCUT2D eigenvalue weighted by molar-refractivity contribution is 1.61. The van der Waals surface area contributed by atoms with E-state index in [1.165, 1.54) is 22.3 Å². The summed E-state index contributed by atoms with van der Waals surface area (Å²) >= 11 is 0. The third kappa shape index (κ3) is 7.97. The molecule has 0 aromatic heterocycles. The number of rotatable bonds is 3. The van der Waals surface area contributed by atoms with Gasteiger partial charge in [-0.3, -0.25) is 0 Å². The van der Waals surface area contributed by atoms with Crippen LogP contribution in [0.2, 0.25) is 0 Å². The third-order valence-electron chi connectivity index (χ3n) is 5.92. The van der Waals surface area contributed by atoms with Gasteiger partial charge in [0, 0.05) is 11.4 Å². The highest BCUT2D eigenvalue weighted by molar-refractivity contribution is 5.67. The molecule has 6 aromatic rings. The fraction of sp³-hybridized carbons (Fsp3) is 0. The van der Waals surface area contributed by atoms with Gasteiger partial charge in [0.15, 0.2) is 0 Å². The first-order valence-electron chi connectivity index (χ1n) is 12.6. The summed E-state index contributed by atoms with van der Waals surface area (Å²) in [7, 11) is 0. The van der Waals surface area contributed by atoms with Gasteiger partial charge in [0.25, 0.3) is 0 Å². The number of hydrogen-bond acceptors (Lipinski definition) is 2. The van der Waals surface area contributed by atoms with Gasteiger partial charge in [-0.2, -0.15) is 0 Å². The molecule has 0 fully saturated rings. The largest absolute Gasteiger partial charge is 0.399 e. The summed E-state index contributed by atoms with van der Waals surface area (Å²) in [5.41, 5.74) is 20.2. The highest BCUT2D eigenvalue weighted by Gasteiger charge is 1.96. The summed E-state index contributed by atoms with van der Waals surface area (Å²) in [6.07, 6.45) is 0. The SMILES string of the molecule is Nc1ccc(-c2ccc(N)cc2)cc1.c1ccc(-c2ccccc2)cc1.c1ccc(-c2ccccc2)cc1. The van der Waals surface area contributed by atoms with Crippen molar-refractivity contribution in [2.24, 2.45) is 0 Å². The Balaban J connectivity index is 0.000000133. The van der Waals surface area contributed by atoms with Crippen molar-refractivity contribution in [2.75, 3.05) is 11.5 Å². The summed E-state index contributed by atoms with van der Waals surface area (Å²) in [5.74, 6) is 0. The van der Waals surface area contributed by atoms with E-state index in [4.69, 9.17) is 11.5 Å². The van der Waals surface area contributed by atoms with Crippen molar-refractivity contribution in [3.8, 4) is 33.4 Å². The zero-order valence-corrected chi connectivity index (χ0v) is 21.3. The summed E-state index contributed by atoms with van der Waals surface area (Å²) in [5, 5.41) is 0. The molecule has 0 saturated heterocycles. The molecule has 0 saturated carbocycles. The number of nitrogens with two attached hydrogens (primary N) is 2. The minimum Gasteiger partial charge on any atom is -0.399 e. The molecule has 186 valence electrons. The van der Waals surface area contributed by atoms with Crippen molar-refractivity contribution in [3.05, 3.63) is 170 Å². The number of anilines is 2. The van der Waals surface area contributed by atoms with Crippen molar-refractivity contribution in [1.29, 1.82) is 0 Å². The van der Waals surface area contributed by atoms with Crippen molar-refractivity contribution >= 4 is 11.4 Å². The molecule has 0 unspecified atom stereocenters. The molecule has 4 N–H and O–H groups in total. The first-order chi connectivity index (χ1) is 18.7. The summed E-state index contributed by atoms with van der Waals surface area (Å²) in [4.78, 5) is 0. The average Bonchev–Trinajstić information content (AvgIpc) is 3.01. The Morgan fingerprint density at radius 3 is 0.605 bits per heavy atom. The van der Waals surface area contributed by atoms with Crippen LogP contribution in [0.15, 0.2) is 170 Å². The lowest BCUT2D eigenvalue weighted by Gasteiger charge is -2.02. The van der Waals surface area contributed by atoms with E-state index in [0.717, 1.165) is 22.5 Å². The van der Waals surface area contributed by atoms with Gasteiger partial charge in [0.1, 0.15) is 0 Å². The van der Waals surface area contributed by atoms with Crippen LogP contribution in [0.1, 0.15) is 0 Å². The van der Waals surface area contributed by atoms with Gasteiger partial charge in [-0.15, -0.1) is 0 Å². The van der Waals surface area contributed by atoms with Crippen molar-refractivity contribution in [2.45, 2.75) is 0 Å². The van der Waals surface area contributed by atoms with Gasteiger partial charge in [0.2, 0.25) is 0 Å². The minimum atomic E-state index is 0.782. The van der Waals surface area contributed by atoms with Crippen LogP contribution in [0.25, 0.3) is 33.4 Å². The van der Waals surface area contributed by atoms with Gasteiger partial charge in [-0.05, 0) is 57.6 Å². The fourth-order valence-electron chi connectivity index (χ4n) is 3.87. The van der Waals surface area contributed by atoms with Crippen molar-refractivity contribution in [3.63, 3.8) is 0 Å². The molecule has 0 heterocycles. The molecule has 6 aromatic carbocycles. The second-order valence-corrected chi connectivity index (χ2v) is 8.71. The monoisotopic (exact) mass is 492 g/mol. The fourth-order valence-corrected chi connectivity index (χ4v) is 3.87. The van der Waals surface area contributed by atoms with E-state index in [-0.39, 0.29) is 0 Å². The maximum Gasteiger partial charge on any atom is 0.0314 e. The molecule has 0 atom stereocenters. The third-order valence-corrected chi connectivity index (χ3v) is 5.92. The summed E-state index contributed by atoms with van der Waals surface area (Å²) in [6.45, 7) is 0. The second-order valence-electron chi connectivity index (χ2n) is 8.71. The van der Waals surface area contributed by atoms with E-state index in [1.807, 2.05) is 72.8 Å². The second kappa shape index (κ2) is 13.9. The molecule has 2 nitrogen and oxygen atoms in total. The van der Waals surface area contributed by atoms with E-state index in [2.05, 4.69) is 97.1 Å². The van der Waals surface area contributed by atoms with Crippen LogP contribution in [0.4, 0.5) is 11.4 Å². The Morgan fingerprint density at radius 2 is 0.395 bits per heavy atom. The van der Waals surface area contributed by atoms with Crippen LogP contribution in [0, 0.1) is 0 Å². The van der Waals surface area contributed by atoms with E-state index in [0.29, 0.717) is 0 Å². The van der Waals surface area contributed by atoms with Crippen LogP contribution in [-0.2, 0) is 0 Å². The molecule has 6 rings (SSSR count). The van der Waals surface area contributed by atoms with Crippen molar-refractivity contribution in [1.82, 2.24) is 0 Å². The van der Waals surface area contributed by atoms with E-state index < -0.39 is 0 Å². The zero-order chi connectivity index (χ0) is 26.4. The number of benzene rings is 6. The van der Waals surface area contributed by atoms with Gasteiger partial charge < -0.3 is 11.5 Å². The Bertz CT molecular complexity index is 1270. The lowest BCUT2D eigenvalue weighted by Crippen LogP contribution is -1.85. The minimum absolute atomic E-state index is 0.782. The Hall–Kier alpha value is -5.08. The topological polar surface area (TPSA) is 52.0 Å². The van der Waals surface area contributed by atoms with E-state index in [1.54, 1.807) is 0 Å². The van der Waals surface area contributed by atoms with Crippen LogP contribution >= 0.6 is 0 Å². The first-order valence-corrected chi connectivity index (χ1v) is 12.6. The van der Waals surface area contributed by atoms with Crippen LogP contribution < -0.4 is 11.5 Å². The molecule has 0 aliphatic rings. The first kappa shape index (κ1) is 26.0. The predicted molar refractivity (Wildman–Crippen MR) is 164 cm³/mol. The van der Waals surface area contributed by atoms with Crippen LogP contribution in [0.5, 0.6) is 0 Å². The standard InChI is InChI=1S/C12H12N2.2C12H10/c13-11-5-1-9(2-6-11)10-3-7-12(14)8-4-10;2*1-3-7-11(8-4-1)12-9-5-2-6-10-12/h1-8H,13-14H2;2*1-10H. The Labute approximate surface area is 225 Å². The molecule has 38 heavy (non-hydrogen) atoms. The quantitative estimate of drug-likeness (QED) is 0.242. The summed E-state index contributed by atoms with van der Waals surface area (Å²) in [6, 6.07) is 57.1. The smallest absolute Gasteiger partial charge is 0.0314 e. The molecule has 2 heteroatoms. The number of hydrogen-bond donors (Lipinski definition) is 2. The van der Waals surface area contributed by atoms with E-state index >= 15 is 0 Å². The highest BCUT2D eigenvalue weighted by Crippen LogP contribution is 2.21. The molecule has 0 aliphatic heterocycles. The molecule has 0 amide bonds. The molecule has 0 aliphatic carbocycles. The van der Waals surface area contributed by atoms with Gasteiger partial charge >= 0.3 is 0 Å². The van der Waals surface area contributed by atoms with Gasteiger partial charge in [-0.1, -0.05) is 146 Å². The zero-order valence-electron chi connectivity index (χ0n) is 21.3. The van der Waals surface area contributed by atoms with Crippen LogP contribution in [-0.4, -0.2) is 0 Å². The lowest BCUT2D eigenvalue weighted by atomic mass is 10.1. The molecular formula is C36H32N2. The molecule has 0 spiro atoms. The maximum atomic E-state index is 5.61. The molecular weight excluding hydrogens is 460 g/mol. The van der Waals surface area contributed by atoms with E-state index in [9.17, 15) is 0 Å². The average molecular weight is 493 g/mol. The predicted octanol–water partition coefficient (Wildman–Crippen LogP) is 9.23. The van der Waals surface area contributed by atoms with Crippen LogP contribution in [0.3, 0.4) is 0 Å². The molecule has 0 bridgehead atoms. The summed E-state index contributed by atoms with van der Waals surface area (Å²) < 4.78 is 0. The van der Waals surface area contributed by atoms with Gasteiger partial charge in [0.05, 0.1) is 0 Å². The van der Waals surface area contributed by atoms with Crippen molar-refractivity contribution < 1.29 is 0 Å². The normalized spacial score (nSPS) is 9.79. The highest BCUT2D eigenvalue weighted by atomic mass is 14.5. The number of nitrogen functional groups attached to an aromatic ring is 2.